The third-order valence-electron chi connectivity index (χ3n) is 6.01. The minimum absolute atomic E-state index is 0.0179. The Kier molecular flexibility index (Phi) is 12.5. The highest BCUT2D eigenvalue weighted by Gasteiger charge is 2.16. The highest BCUT2D eigenvalue weighted by molar-refractivity contribution is 7.99. The van der Waals surface area contributed by atoms with Crippen LogP contribution < -0.4 is 20.3 Å². The van der Waals surface area contributed by atoms with E-state index in [1.54, 1.807) is 31.8 Å². The number of thioether (sulfide) groups is 1. The number of thiophene rings is 1. The molecule has 1 amide bonds. The van der Waals surface area contributed by atoms with Gasteiger partial charge in [-0.25, -0.2) is 4.98 Å². The normalized spacial score (nSPS) is 10.9. The fourth-order valence-electron chi connectivity index (χ4n) is 4.00. The number of carbonyl (C=O) groups is 3. The molecule has 10 nitrogen and oxygen atoms in total. The summed E-state index contributed by atoms with van der Waals surface area (Å²) in [5.41, 5.74) is 1.49. The lowest BCUT2D eigenvalue weighted by Crippen LogP contribution is -2.25. The van der Waals surface area contributed by atoms with Gasteiger partial charge < -0.3 is 19.5 Å². The van der Waals surface area contributed by atoms with Gasteiger partial charge in [-0.1, -0.05) is 24.2 Å². The molecular formula is C28H35N3O7S2. The highest BCUT2D eigenvalue weighted by atomic mass is 32.2. The average molecular weight is 590 g/mol. The molecule has 216 valence electrons. The lowest BCUT2D eigenvalue weighted by molar-refractivity contribution is -0.145. The summed E-state index contributed by atoms with van der Waals surface area (Å²) in [5, 5.41) is 5.21. The fourth-order valence-corrected chi connectivity index (χ4v) is 5.67. The van der Waals surface area contributed by atoms with Crippen molar-refractivity contribution in [1.29, 1.82) is 0 Å². The Morgan fingerprint density at radius 1 is 1.07 bits per heavy atom. The molecule has 0 bridgehead atoms. The van der Waals surface area contributed by atoms with Gasteiger partial charge in [-0.2, -0.15) is 0 Å². The first kappa shape index (κ1) is 31.2. The van der Waals surface area contributed by atoms with E-state index in [1.165, 1.54) is 11.3 Å². The highest BCUT2D eigenvalue weighted by Crippen LogP contribution is 2.27. The molecule has 40 heavy (non-hydrogen) atoms. The number of ketones is 1. The molecular weight excluding hydrogens is 554 g/mol. The predicted molar refractivity (Wildman–Crippen MR) is 156 cm³/mol. The van der Waals surface area contributed by atoms with Crippen LogP contribution >= 0.6 is 23.1 Å². The summed E-state index contributed by atoms with van der Waals surface area (Å²) < 4.78 is 17.6. The van der Waals surface area contributed by atoms with Crippen molar-refractivity contribution in [2.45, 2.75) is 57.1 Å². The van der Waals surface area contributed by atoms with Crippen LogP contribution in [0.25, 0.3) is 10.2 Å². The molecule has 0 aliphatic heterocycles. The van der Waals surface area contributed by atoms with E-state index in [0.29, 0.717) is 65.6 Å². The van der Waals surface area contributed by atoms with Crippen LogP contribution in [0.15, 0.2) is 39.6 Å². The minimum atomic E-state index is -0.559. The Hall–Kier alpha value is -3.38. The summed E-state index contributed by atoms with van der Waals surface area (Å²) in [5.74, 6) is 0.476. The molecule has 3 rings (SSSR count). The minimum Gasteiger partial charge on any atom is -0.493 e. The van der Waals surface area contributed by atoms with Gasteiger partial charge in [-0.3, -0.25) is 23.7 Å². The monoisotopic (exact) mass is 589 g/mol. The predicted octanol–water partition coefficient (Wildman–Crippen LogP) is 4.01. The fraction of sp³-hybridized carbons (Fsp3) is 0.464. The van der Waals surface area contributed by atoms with Crippen LogP contribution in [0.1, 0.15) is 44.6 Å². The number of hydrogen-bond donors (Lipinski definition) is 1. The lowest BCUT2D eigenvalue weighted by atomic mass is 10.1. The maximum absolute atomic E-state index is 13.1. The van der Waals surface area contributed by atoms with Crippen LogP contribution in [0, 0.1) is 0 Å². The lowest BCUT2D eigenvalue weighted by Gasteiger charge is -2.12. The first-order valence-electron chi connectivity index (χ1n) is 13.1. The van der Waals surface area contributed by atoms with Crippen molar-refractivity contribution in [3.63, 3.8) is 0 Å². The van der Waals surface area contributed by atoms with E-state index in [0.717, 1.165) is 23.7 Å². The van der Waals surface area contributed by atoms with Gasteiger partial charge >= 0.3 is 5.97 Å². The molecule has 0 saturated heterocycles. The van der Waals surface area contributed by atoms with E-state index in [1.807, 2.05) is 23.6 Å². The molecule has 0 atom stereocenters. The quantitative estimate of drug-likeness (QED) is 0.0817. The summed E-state index contributed by atoms with van der Waals surface area (Å²) in [6.07, 6.45) is 2.89. The average Bonchev–Trinajstić information content (AvgIpc) is 3.42. The largest absolute Gasteiger partial charge is 0.493 e. The number of ether oxygens (including phenoxy) is 3. The zero-order chi connectivity index (χ0) is 28.9. The van der Waals surface area contributed by atoms with Crippen LogP contribution in [0.5, 0.6) is 11.5 Å². The molecule has 0 radical (unpaired) electrons. The number of Topliss-reactive ketones (excluding diaryl/α,β-unsaturated/α-hetero) is 1. The smallest absolute Gasteiger partial charge is 0.313 e. The summed E-state index contributed by atoms with van der Waals surface area (Å²) >= 11 is 2.48. The number of nitrogens with zero attached hydrogens (tertiary/aromatic N) is 2. The van der Waals surface area contributed by atoms with Crippen molar-refractivity contribution in [3.05, 3.63) is 45.6 Å². The maximum Gasteiger partial charge on any atom is 0.313 e. The zero-order valence-corrected chi connectivity index (χ0v) is 24.7. The standard InChI is InChI=1S/C28H35N3O7S2/c1-4-38-25(34)17-20(32)18-40-28-30-21-12-15-39-26(21)27(35)31(28)14-7-5-6-8-24(33)29-13-11-19-9-10-22(36-2)23(16-19)37-3/h9-10,12,15-16H,4-8,11,13-14,17-18H2,1-3H3,(H,29,33). The maximum atomic E-state index is 13.1. The number of rotatable bonds is 17. The van der Waals surface area contributed by atoms with Gasteiger partial charge in [0.15, 0.2) is 22.4 Å². The van der Waals surface area contributed by atoms with E-state index in [9.17, 15) is 19.2 Å². The number of carbonyl (C=O) groups excluding carboxylic acids is 3. The number of esters is 1. The Labute approximate surface area is 241 Å². The van der Waals surface area contributed by atoms with E-state index in [-0.39, 0.29) is 36.0 Å². The molecule has 0 aliphatic rings. The Bertz CT molecular complexity index is 1370. The van der Waals surface area contributed by atoms with Gasteiger partial charge in [0.2, 0.25) is 5.91 Å². The van der Waals surface area contributed by atoms with Crippen molar-refractivity contribution >= 4 is 51.0 Å². The SMILES string of the molecule is CCOC(=O)CC(=O)CSc1nc2ccsc2c(=O)n1CCCCCC(=O)NCCc1ccc(OC)c(OC)c1. The Morgan fingerprint density at radius 3 is 2.62 bits per heavy atom. The van der Waals surface area contributed by atoms with Crippen molar-refractivity contribution in [3.8, 4) is 11.5 Å². The molecule has 12 heteroatoms. The summed E-state index contributed by atoms with van der Waals surface area (Å²) in [4.78, 5) is 53.7. The molecule has 1 N–H and O–H groups in total. The first-order valence-corrected chi connectivity index (χ1v) is 15.0. The van der Waals surface area contributed by atoms with Crippen LogP contribution in [0.3, 0.4) is 0 Å². The molecule has 1 aromatic carbocycles. The van der Waals surface area contributed by atoms with Crippen LogP contribution in [0.2, 0.25) is 0 Å². The number of methoxy groups -OCH3 is 2. The third kappa shape index (κ3) is 9.09. The van der Waals surface area contributed by atoms with E-state index in [4.69, 9.17) is 14.2 Å². The second kappa shape index (κ2) is 16.0. The van der Waals surface area contributed by atoms with Gasteiger partial charge in [-0.05, 0) is 55.3 Å². The number of amides is 1. The van der Waals surface area contributed by atoms with Crippen molar-refractivity contribution in [1.82, 2.24) is 14.9 Å². The van der Waals surface area contributed by atoms with Crippen molar-refractivity contribution in [2.75, 3.05) is 33.1 Å². The van der Waals surface area contributed by atoms with Gasteiger partial charge in [0.1, 0.15) is 11.1 Å². The number of unbranched alkanes of at least 4 members (excludes halogenated alkanes) is 2. The Morgan fingerprint density at radius 2 is 1.88 bits per heavy atom. The number of hydrogen-bond acceptors (Lipinski definition) is 10. The number of benzene rings is 1. The second-order valence-corrected chi connectivity index (χ2v) is 10.8. The van der Waals surface area contributed by atoms with Crippen molar-refractivity contribution < 1.29 is 28.6 Å². The molecule has 3 aromatic rings. The van der Waals surface area contributed by atoms with Crippen LogP contribution in [-0.4, -0.2) is 60.3 Å². The molecule has 0 spiro atoms. The third-order valence-corrected chi connectivity index (χ3v) is 7.94. The van der Waals surface area contributed by atoms with E-state index in [2.05, 4.69) is 10.3 Å². The van der Waals surface area contributed by atoms with Gasteiger partial charge in [-0.15, -0.1) is 11.3 Å². The molecule has 2 heterocycles. The van der Waals surface area contributed by atoms with Crippen LogP contribution in [0.4, 0.5) is 0 Å². The molecule has 0 aliphatic carbocycles. The van der Waals surface area contributed by atoms with E-state index < -0.39 is 5.97 Å². The summed E-state index contributed by atoms with van der Waals surface area (Å²) in [6.45, 7) is 2.85. The van der Waals surface area contributed by atoms with E-state index >= 15 is 0 Å². The first-order chi connectivity index (χ1) is 19.4. The van der Waals surface area contributed by atoms with Crippen LogP contribution in [-0.2, 0) is 32.1 Å². The second-order valence-electron chi connectivity index (χ2n) is 8.90. The molecule has 0 fully saturated rings. The Balaban J connectivity index is 1.45. The summed E-state index contributed by atoms with van der Waals surface area (Å²) in [7, 11) is 3.18. The molecule has 2 aromatic heterocycles. The van der Waals surface area contributed by atoms with Crippen molar-refractivity contribution in [2.24, 2.45) is 0 Å². The van der Waals surface area contributed by atoms with Gasteiger partial charge in [0.25, 0.3) is 5.56 Å². The number of nitrogens with one attached hydrogen (secondary N) is 1. The molecule has 0 saturated carbocycles. The topological polar surface area (TPSA) is 126 Å². The summed E-state index contributed by atoms with van der Waals surface area (Å²) in [6, 6.07) is 7.47. The van der Waals surface area contributed by atoms with Gasteiger partial charge in [0.05, 0.1) is 32.1 Å². The zero-order valence-electron chi connectivity index (χ0n) is 23.0. The van der Waals surface area contributed by atoms with Gasteiger partial charge in [0, 0.05) is 19.5 Å². The molecule has 0 unspecified atom stereocenters. The number of fused-ring (bicyclic) bond motifs is 1. The number of aromatic nitrogens is 2.